The Morgan fingerprint density at radius 2 is 1.53 bits per heavy atom. The molecule has 1 saturated heterocycles. The molecule has 0 aromatic heterocycles. The molecule has 0 saturated carbocycles. The molecule has 2 aromatic rings. The van der Waals surface area contributed by atoms with Crippen LogP contribution in [0, 0.1) is 11.8 Å². The van der Waals surface area contributed by atoms with Crippen molar-refractivity contribution in [3.05, 3.63) is 59.1 Å². The fourth-order valence-corrected chi connectivity index (χ4v) is 7.48. The molecule has 0 spiro atoms. The lowest BCUT2D eigenvalue weighted by molar-refractivity contribution is -0.120. The minimum absolute atomic E-state index is 0.000174. The lowest BCUT2D eigenvalue weighted by Gasteiger charge is -2.24. The largest absolute Gasteiger partial charge is 0.497 e. The summed E-state index contributed by atoms with van der Waals surface area (Å²) >= 11 is 6.44. The molecule has 0 bridgehead atoms. The van der Waals surface area contributed by atoms with Gasteiger partial charge in [0.1, 0.15) is 5.75 Å². The van der Waals surface area contributed by atoms with Gasteiger partial charge in [-0.1, -0.05) is 62.0 Å². The first-order valence-electron chi connectivity index (χ1n) is 12.0. The maximum atomic E-state index is 13.4. The van der Waals surface area contributed by atoms with E-state index >= 15 is 0 Å². The zero-order valence-electron chi connectivity index (χ0n) is 20.2. The molecular weight excluding hydrogens is 518 g/mol. The number of rotatable bonds is 12. The van der Waals surface area contributed by atoms with E-state index in [2.05, 4.69) is 17.2 Å². The molecule has 2 amide bonds. The average molecular weight is 548 g/mol. The van der Waals surface area contributed by atoms with E-state index in [0.29, 0.717) is 29.0 Å². The highest BCUT2D eigenvalue weighted by molar-refractivity contribution is 8.25. The highest BCUT2D eigenvalue weighted by atomic mass is 35.5. The summed E-state index contributed by atoms with van der Waals surface area (Å²) in [4.78, 5) is 24.6. The fourth-order valence-electron chi connectivity index (χ4n) is 3.98. The van der Waals surface area contributed by atoms with Gasteiger partial charge in [-0.05, 0) is 73.1 Å². The highest BCUT2D eigenvalue weighted by Crippen LogP contribution is 2.44. The first-order chi connectivity index (χ1) is 17.3. The van der Waals surface area contributed by atoms with Crippen LogP contribution in [0.2, 0.25) is 5.02 Å². The first-order valence-corrected chi connectivity index (χ1v) is 14.6. The summed E-state index contributed by atoms with van der Waals surface area (Å²) in [5.74, 6) is 6.07. The van der Waals surface area contributed by atoms with Crippen molar-refractivity contribution in [2.24, 2.45) is 0 Å². The Morgan fingerprint density at radius 3 is 2.11 bits per heavy atom. The molecule has 1 atom stereocenters. The van der Waals surface area contributed by atoms with Crippen LogP contribution in [0.1, 0.15) is 63.4 Å². The lowest BCUT2D eigenvalue weighted by atomic mass is 10.1. The van der Waals surface area contributed by atoms with E-state index in [9.17, 15) is 18.0 Å². The van der Waals surface area contributed by atoms with Gasteiger partial charge in [0.25, 0.3) is 11.1 Å². The number of nitrogens with one attached hydrogen (secondary N) is 1. The van der Waals surface area contributed by atoms with Crippen molar-refractivity contribution < 1.29 is 22.7 Å². The van der Waals surface area contributed by atoms with Crippen molar-refractivity contribution in [1.29, 1.82) is 0 Å². The van der Waals surface area contributed by atoms with Crippen LogP contribution < -0.4 is 10.1 Å². The maximum absolute atomic E-state index is 13.4. The number of sulfone groups is 1. The van der Waals surface area contributed by atoms with Gasteiger partial charge in [0, 0.05) is 17.0 Å². The van der Waals surface area contributed by atoms with Crippen LogP contribution in [0.15, 0.2) is 53.4 Å². The Kier molecular flexibility index (Phi) is 10.3. The molecule has 36 heavy (non-hydrogen) atoms. The Morgan fingerprint density at radius 1 is 0.917 bits per heavy atom. The second-order valence-corrected chi connectivity index (χ2v) is 12.7. The molecule has 9 heteroatoms. The van der Waals surface area contributed by atoms with Crippen molar-refractivity contribution in [3.63, 3.8) is 0 Å². The van der Waals surface area contributed by atoms with Crippen molar-refractivity contribution in [3.8, 4) is 17.6 Å². The fraction of sp³-hybridized carbons (Fsp3) is 0.407. The number of carbonyl (C=O) groups excluding carboxylic acids is 2. The average Bonchev–Trinajstić information content (AvgIpc) is 3.17. The number of halogens is 1. The molecule has 6 nitrogen and oxygen atoms in total. The maximum Gasteiger partial charge on any atom is 0.287 e. The SMILES string of the molecule is COc1ccc(S(=O)(=O)C2(CCCCCCCCCC#Cc3ccc(Cl)cc3)SC(=O)NC2=O)cc1. The topological polar surface area (TPSA) is 89.5 Å². The van der Waals surface area contributed by atoms with Gasteiger partial charge in [-0.25, -0.2) is 8.42 Å². The molecule has 1 fully saturated rings. The monoisotopic (exact) mass is 547 g/mol. The molecule has 0 radical (unpaired) electrons. The number of unbranched alkanes of at least 4 members (excludes halogenated alkanes) is 7. The van der Waals surface area contributed by atoms with E-state index in [-0.39, 0.29) is 11.3 Å². The van der Waals surface area contributed by atoms with Crippen LogP contribution >= 0.6 is 23.4 Å². The first kappa shape index (κ1) is 28.1. The predicted molar refractivity (Wildman–Crippen MR) is 144 cm³/mol. The summed E-state index contributed by atoms with van der Waals surface area (Å²) in [6, 6.07) is 13.4. The molecule has 2 aromatic carbocycles. The van der Waals surface area contributed by atoms with Gasteiger partial charge in [-0.3, -0.25) is 14.9 Å². The number of thioether (sulfide) groups is 1. The van der Waals surface area contributed by atoms with E-state index in [1.54, 1.807) is 0 Å². The Labute approximate surface area is 222 Å². The second-order valence-electron chi connectivity index (χ2n) is 8.56. The van der Waals surface area contributed by atoms with Crippen molar-refractivity contribution in [2.45, 2.75) is 66.8 Å². The molecule has 1 N–H and O–H groups in total. The highest BCUT2D eigenvalue weighted by Gasteiger charge is 2.57. The van der Waals surface area contributed by atoms with Gasteiger partial charge in [0.15, 0.2) is 0 Å². The summed E-state index contributed by atoms with van der Waals surface area (Å²) in [6.45, 7) is 0. The van der Waals surface area contributed by atoms with Crippen LogP contribution in [-0.2, 0) is 14.6 Å². The number of benzene rings is 2. The molecule has 192 valence electrons. The van der Waals surface area contributed by atoms with Crippen LogP contribution in [0.3, 0.4) is 0 Å². The summed E-state index contributed by atoms with van der Waals surface area (Å²) < 4.78 is 30.1. The van der Waals surface area contributed by atoms with Crippen LogP contribution in [0.5, 0.6) is 5.75 Å². The predicted octanol–water partition coefficient (Wildman–Crippen LogP) is 6.36. The lowest BCUT2D eigenvalue weighted by Crippen LogP contribution is -2.43. The molecule has 1 aliphatic rings. The third-order valence-corrected chi connectivity index (χ3v) is 10.3. The number of imide groups is 1. The molecule has 1 unspecified atom stereocenters. The van der Waals surface area contributed by atoms with Crippen molar-refractivity contribution >= 4 is 44.3 Å². The third-order valence-electron chi connectivity index (χ3n) is 6.01. The van der Waals surface area contributed by atoms with Gasteiger partial charge < -0.3 is 4.74 Å². The molecule has 1 aliphatic heterocycles. The molecule has 1 heterocycles. The summed E-state index contributed by atoms with van der Waals surface area (Å²) in [7, 11) is -2.60. The smallest absolute Gasteiger partial charge is 0.287 e. The van der Waals surface area contributed by atoms with Crippen molar-refractivity contribution in [2.75, 3.05) is 7.11 Å². The van der Waals surface area contributed by atoms with Gasteiger partial charge >= 0.3 is 0 Å². The summed E-state index contributed by atoms with van der Waals surface area (Å²) in [6.07, 6.45) is 7.41. The molecule has 0 aliphatic carbocycles. The van der Waals surface area contributed by atoms with E-state index in [1.165, 1.54) is 31.4 Å². The zero-order chi connectivity index (χ0) is 26.0. The van der Waals surface area contributed by atoms with E-state index in [0.717, 1.165) is 50.5 Å². The number of carbonyl (C=O) groups is 2. The van der Waals surface area contributed by atoms with E-state index in [4.69, 9.17) is 16.3 Å². The van der Waals surface area contributed by atoms with Crippen LogP contribution in [-0.4, -0.2) is 30.8 Å². The summed E-state index contributed by atoms with van der Waals surface area (Å²) in [5, 5.41) is 2.24. The quantitative estimate of drug-likeness (QED) is 0.245. The van der Waals surface area contributed by atoms with Gasteiger partial charge in [-0.2, -0.15) is 0 Å². The molecular formula is C27H30ClNO5S2. The van der Waals surface area contributed by atoms with Crippen molar-refractivity contribution in [1.82, 2.24) is 5.32 Å². The second kappa shape index (κ2) is 13.2. The molecule has 3 rings (SSSR count). The Balaban J connectivity index is 1.43. The van der Waals surface area contributed by atoms with Gasteiger partial charge in [0.2, 0.25) is 13.9 Å². The zero-order valence-corrected chi connectivity index (χ0v) is 22.6. The number of hydrogen-bond donors (Lipinski definition) is 1. The number of amides is 2. The normalized spacial score (nSPS) is 17.4. The third kappa shape index (κ3) is 7.06. The number of ether oxygens (including phenoxy) is 1. The van der Waals surface area contributed by atoms with E-state index in [1.807, 2.05) is 24.3 Å². The standard InChI is InChI=1S/C27H30ClNO5S2/c1-34-23-16-18-24(19-17-23)36(32,33)27(25(30)29-26(31)35-27)20-10-8-6-4-2-3-5-7-9-11-21-12-14-22(28)15-13-21/h12-19H,2-8,10,20H2,1H3,(H,29,30,31). The van der Waals surface area contributed by atoms with Gasteiger partial charge in [0.05, 0.1) is 12.0 Å². The van der Waals surface area contributed by atoms with E-state index < -0.39 is 25.1 Å². The Bertz CT molecular complexity index is 1220. The van der Waals surface area contributed by atoms with Gasteiger partial charge in [-0.15, -0.1) is 0 Å². The van der Waals surface area contributed by atoms with Crippen LogP contribution in [0.4, 0.5) is 4.79 Å². The minimum atomic E-state index is -4.08. The Hall–Kier alpha value is -2.47. The minimum Gasteiger partial charge on any atom is -0.497 e. The van der Waals surface area contributed by atoms with Crippen LogP contribution in [0.25, 0.3) is 0 Å². The number of methoxy groups -OCH3 is 1. The summed E-state index contributed by atoms with van der Waals surface area (Å²) in [5.41, 5.74) is 0.960. The number of hydrogen-bond acceptors (Lipinski definition) is 6.